The molecule has 2 aromatic carbocycles. The molecule has 0 unspecified atom stereocenters. The van der Waals surface area contributed by atoms with Gasteiger partial charge in [0, 0.05) is 15.5 Å². The fraction of sp³-hybridized carbons (Fsp3) is 0.0667. The first-order valence-electron chi connectivity index (χ1n) is 5.97. The average Bonchev–Trinajstić information content (AvgIpc) is 2.40. The maximum absolute atomic E-state index is 4.34. The Labute approximate surface area is 119 Å². The third-order valence-electron chi connectivity index (χ3n) is 2.95. The number of halogens is 1. The number of nitrogens with one attached hydrogen (secondary N) is 1. The Morgan fingerprint density at radius 3 is 2.74 bits per heavy atom. The van der Waals surface area contributed by atoms with Crippen molar-refractivity contribution >= 4 is 38.3 Å². The number of nitrogens with zero attached hydrogens (tertiary/aromatic N) is 2. The molecule has 0 aliphatic heterocycles. The van der Waals surface area contributed by atoms with Crippen LogP contribution in [0.15, 0.2) is 53.3 Å². The van der Waals surface area contributed by atoms with Crippen LogP contribution in [0.4, 0.5) is 11.5 Å². The Morgan fingerprint density at radius 2 is 1.89 bits per heavy atom. The summed E-state index contributed by atoms with van der Waals surface area (Å²) in [6.07, 6.45) is 1.59. The van der Waals surface area contributed by atoms with Crippen molar-refractivity contribution in [3.63, 3.8) is 0 Å². The maximum Gasteiger partial charge on any atom is 0.141 e. The number of para-hydroxylation sites is 1. The summed E-state index contributed by atoms with van der Waals surface area (Å²) in [5.41, 5.74) is 3.13. The van der Waals surface area contributed by atoms with Gasteiger partial charge >= 0.3 is 0 Å². The normalized spacial score (nSPS) is 10.6. The lowest BCUT2D eigenvalue weighted by Gasteiger charge is -2.09. The van der Waals surface area contributed by atoms with E-state index in [4.69, 9.17) is 0 Å². The molecule has 1 heterocycles. The molecule has 4 heteroatoms. The second-order valence-corrected chi connectivity index (χ2v) is 5.24. The number of hydrogen-bond acceptors (Lipinski definition) is 3. The molecule has 3 aromatic rings. The summed E-state index contributed by atoms with van der Waals surface area (Å²) in [5.74, 6) is 0.826. The topological polar surface area (TPSA) is 37.8 Å². The van der Waals surface area contributed by atoms with E-state index in [1.165, 1.54) is 0 Å². The minimum atomic E-state index is 0.826. The largest absolute Gasteiger partial charge is 0.340 e. The van der Waals surface area contributed by atoms with Gasteiger partial charge in [-0.25, -0.2) is 9.97 Å². The molecule has 3 nitrogen and oxygen atoms in total. The molecule has 0 radical (unpaired) electrons. The van der Waals surface area contributed by atoms with E-state index in [2.05, 4.69) is 44.2 Å². The monoisotopic (exact) mass is 313 g/mol. The smallest absolute Gasteiger partial charge is 0.141 e. The number of anilines is 2. The van der Waals surface area contributed by atoms with Gasteiger partial charge in [0.05, 0.1) is 5.52 Å². The van der Waals surface area contributed by atoms with Crippen LogP contribution in [0.2, 0.25) is 0 Å². The van der Waals surface area contributed by atoms with Crippen LogP contribution in [0, 0.1) is 6.92 Å². The lowest BCUT2D eigenvalue weighted by molar-refractivity contribution is 1.21. The highest BCUT2D eigenvalue weighted by molar-refractivity contribution is 9.10. The Morgan fingerprint density at radius 1 is 1.05 bits per heavy atom. The number of hydrogen-bond donors (Lipinski definition) is 1. The standard InChI is InChI=1S/C15H12BrN3/c1-10-4-2-7-13-14(10)17-9-18-15(13)19-12-6-3-5-11(16)8-12/h2-9H,1H3,(H,17,18,19). The predicted octanol–water partition coefficient (Wildman–Crippen LogP) is 4.44. The van der Waals surface area contributed by atoms with Crippen LogP contribution in [0.5, 0.6) is 0 Å². The molecule has 94 valence electrons. The van der Waals surface area contributed by atoms with E-state index in [1.807, 2.05) is 36.4 Å². The van der Waals surface area contributed by atoms with Gasteiger partial charge in [-0.15, -0.1) is 0 Å². The van der Waals surface area contributed by atoms with Crippen LogP contribution in [0.3, 0.4) is 0 Å². The number of benzene rings is 2. The van der Waals surface area contributed by atoms with Crippen LogP contribution in [0.1, 0.15) is 5.56 Å². The highest BCUT2D eigenvalue weighted by Gasteiger charge is 2.05. The van der Waals surface area contributed by atoms with Crippen LogP contribution in [-0.4, -0.2) is 9.97 Å². The molecule has 0 spiro atoms. The lowest BCUT2D eigenvalue weighted by atomic mass is 10.1. The molecule has 0 fully saturated rings. The maximum atomic E-state index is 4.34. The van der Waals surface area contributed by atoms with Gasteiger partial charge in [-0.05, 0) is 36.8 Å². The van der Waals surface area contributed by atoms with E-state index in [0.717, 1.165) is 32.4 Å². The molecule has 1 N–H and O–H groups in total. The molecular weight excluding hydrogens is 302 g/mol. The minimum absolute atomic E-state index is 0.826. The van der Waals surface area contributed by atoms with Crippen molar-refractivity contribution in [3.05, 3.63) is 58.8 Å². The second-order valence-electron chi connectivity index (χ2n) is 4.33. The molecule has 19 heavy (non-hydrogen) atoms. The van der Waals surface area contributed by atoms with Gasteiger partial charge in [0.1, 0.15) is 12.1 Å². The van der Waals surface area contributed by atoms with Crippen molar-refractivity contribution in [2.24, 2.45) is 0 Å². The Kier molecular flexibility index (Phi) is 3.17. The highest BCUT2D eigenvalue weighted by atomic mass is 79.9. The van der Waals surface area contributed by atoms with Crippen LogP contribution in [0.25, 0.3) is 10.9 Å². The fourth-order valence-corrected chi connectivity index (χ4v) is 2.44. The van der Waals surface area contributed by atoms with Crippen molar-refractivity contribution in [1.82, 2.24) is 9.97 Å². The summed E-state index contributed by atoms with van der Waals surface area (Å²) in [5, 5.41) is 4.36. The third kappa shape index (κ3) is 2.44. The third-order valence-corrected chi connectivity index (χ3v) is 3.45. The molecule has 0 aliphatic rings. The summed E-state index contributed by atoms with van der Waals surface area (Å²) in [4.78, 5) is 8.68. The second kappa shape index (κ2) is 4.97. The van der Waals surface area contributed by atoms with Gasteiger partial charge in [0.25, 0.3) is 0 Å². The quantitative estimate of drug-likeness (QED) is 0.759. The van der Waals surface area contributed by atoms with Gasteiger partial charge in [0.15, 0.2) is 0 Å². The molecule has 0 aliphatic carbocycles. The number of rotatable bonds is 2. The van der Waals surface area contributed by atoms with Crippen molar-refractivity contribution < 1.29 is 0 Å². The molecule has 0 saturated heterocycles. The summed E-state index contributed by atoms with van der Waals surface area (Å²) >= 11 is 3.46. The Bertz CT molecular complexity index is 740. The SMILES string of the molecule is Cc1cccc2c(Nc3cccc(Br)c3)ncnc12. The van der Waals surface area contributed by atoms with Crippen LogP contribution >= 0.6 is 15.9 Å². The van der Waals surface area contributed by atoms with Crippen molar-refractivity contribution in [2.45, 2.75) is 6.92 Å². The van der Waals surface area contributed by atoms with Gasteiger partial charge < -0.3 is 5.32 Å². The number of fused-ring (bicyclic) bond motifs is 1. The Balaban J connectivity index is 2.08. The fourth-order valence-electron chi connectivity index (χ4n) is 2.04. The molecule has 3 rings (SSSR count). The molecule has 0 atom stereocenters. The lowest BCUT2D eigenvalue weighted by Crippen LogP contribution is -1.96. The van der Waals surface area contributed by atoms with E-state index in [-0.39, 0.29) is 0 Å². The predicted molar refractivity (Wildman–Crippen MR) is 81.7 cm³/mol. The van der Waals surface area contributed by atoms with Gasteiger partial charge in [0.2, 0.25) is 0 Å². The van der Waals surface area contributed by atoms with Crippen molar-refractivity contribution in [3.8, 4) is 0 Å². The zero-order valence-electron chi connectivity index (χ0n) is 10.4. The molecule has 1 aromatic heterocycles. The zero-order chi connectivity index (χ0) is 13.2. The number of aryl methyl sites for hydroxylation is 1. The zero-order valence-corrected chi connectivity index (χ0v) is 12.0. The van der Waals surface area contributed by atoms with Crippen LogP contribution < -0.4 is 5.32 Å². The summed E-state index contributed by atoms with van der Waals surface area (Å²) in [6.45, 7) is 2.05. The van der Waals surface area contributed by atoms with E-state index >= 15 is 0 Å². The molecule has 0 amide bonds. The molecular formula is C15H12BrN3. The van der Waals surface area contributed by atoms with E-state index in [0.29, 0.717) is 0 Å². The van der Waals surface area contributed by atoms with Crippen LogP contribution in [-0.2, 0) is 0 Å². The van der Waals surface area contributed by atoms with Crippen molar-refractivity contribution in [1.29, 1.82) is 0 Å². The summed E-state index contributed by atoms with van der Waals surface area (Å²) < 4.78 is 1.03. The number of aromatic nitrogens is 2. The van der Waals surface area contributed by atoms with Gasteiger partial charge in [-0.1, -0.05) is 34.1 Å². The summed E-state index contributed by atoms with van der Waals surface area (Å²) in [7, 11) is 0. The first-order chi connectivity index (χ1) is 9.24. The van der Waals surface area contributed by atoms with E-state index in [9.17, 15) is 0 Å². The molecule has 0 saturated carbocycles. The van der Waals surface area contributed by atoms with E-state index in [1.54, 1.807) is 6.33 Å². The first-order valence-corrected chi connectivity index (χ1v) is 6.76. The van der Waals surface area contributed by atoms with Crippen molar-refractivity contribution in [2.75, 3.05) is 5.32 Å². The summed E-state index contributed by atoms with van der Waals surface area (Å²) in [6, 6.07) is 14.1. The average molecular weight is 314 g/mol. The minimum Gasteiger partial charge on any atom is -0.340 e. The van der Waals surface area contributed by atoms with E-state index < -0.39 is 0 Å². The highest BCUT2D eigenvalue weighted by Crippen LogP contribution is 2.25. The Hall–Kier alpha value is -1.94. The van der Waals surface area contributed by atoms with Gasteiger partial charge in [-0.2, -0.15) is 0 Å². The first kappa shape index (κ1) is 12.1. The van der Waals surface area contributed by atoms with Gasteiger partial charge in [-0.3, -0.25) is 0 Å². The molecule has 0 bridgehead atoms.